The SMILES string of the molecule is C1CNCCN1.Cl.O=C1CC[C@@]2(O)[C@H]3Cc4ccc(O)c5c4[C@@]2(CCN3CC2CC2)[C@H]1O5. The fraction of sp³-hybridized carbons (Fsp3) is 0.708. The van der Waals surface area contributed by atoms with E-state index in [0.29, 0.717) is 18.6 Å². The number of nitrogens with zero attached hydrogens (tertiary/aromatic N) is 1. The number of piperidine rings is 1. The molecule has 2 saturated carbocycles. The van der Waals surface area contributed by atoms with Crippen molar-refractivity contribution >= 4 is 18.2 Å². The molecule has 0 aromatic heterocycles. The second-order valence-electron chi connectivity index (χ2n) is 10.2. The second-order valence-corrected chi connectivity index (χ2v) is 10.2. The average molecular weight is 464 g/mol. The van der Waals surface area contributed by atoms with Crippen molar-refractivity contribution in [1.29, 1.82) is 0 Å². The Morgan fingerprint density at radius 3 is 2.50 bits per heavy atom. The minimum Gasteiger partial charge on any atom is -0.504 e. The lowest BCUT2D eigenvalue weighted by Gasteiger charge is -2.62. The quantitative estimate of drug-likeness (QED) is 0.522. The largest absolute Gasteiger partial charge is 0.504 e. The molecule has 0 amide bonds. The highest BCUT2D eigenvalue weighted by atomic mass is 35.5. The highest BCUT2D eigenvalue weighted by Gasteiger charge is 2.73. The molecule has 1 aromatic carbocycles. The fourth-order valence-electron chi connectivity index (χ4n) is 6.87. The van der Waals surface area contributed by atoms with E-state index in [9.17, 15) is 15.0 Å². The Balaban J connectivity index is 0.000000271. The van der Waals surface area contributed by atoms with Crippen molar-refractivity contribution in [2.75, 3.05) is 39.3 Å². The molecule has 4 fully saturated rings. The Bertz CT molecular complexity index is 894. The molecule has 8 heteroatoms. The zero-order valence-electron chi connectivity index (χ0n) is 18.4. The number of aliphatic hydroxyl groups is 1. The lowest BCUT2D eigenvalue weighted by Crippen LogP contribution is -2.76. The molecule has 6 aliphatic rings. The maximum Gasteiger partial charge on any atom is 0.174 e. The molecular weight excluding hydrogens is 430 g/mol. The highest BCUT2D eigenvalue weighted by molar-refractivity contribution is 5.90. The first-order valence-corrected chi connectivity index (χ1v) is 12.0. The van der Waals surface area contributed by atoms with E-state index >= 15 is 0 Å². The number of phenolic OH excluding ortho intramolecular Hbond substituents is 1. The Morgan fingerprint density at radius 2 is 1.84 bits per heavy atom. The minimum atomic E-state index is -0.940. The molecule has 4 atom stereocenters. The predicted molar refractivity (Wildman–Crippen MR) is 123 cm³/mol. The van der Waals surface area contributed by atoms with E-state index in [1.807, 2.05) is 6.07 Å². The first-order chi connectivity index (χ1) is 15.0. The summed E-state index contributed by atoms with van der Waals surface area (Å²) in [6.07, 6.45) is 4.33. The molecule has 1 aromatic rings. The average Bonchev–Trinajstić information content (AvgIpc) is 3.53. The number of ketones is 1. The molecule has 7 rings (SSSR count). The van der Waals surface area contributed by atoms with Crippen molar-refractivity contribution in [1.82, 2.24) is 15.5 Å². The molecule has 0 radical (unpaired) electrons. The summed E-state index contributed by atoms with van der Waals surface area (Å²) in [5.41, 5.74) is 0.454. The summed E-state index contributed by atoms with van der Waals surface area (Å²) in [5, 5.41) is 28.7. The Kier molecular flexibility index (Phi) is 5.70. The number of carbonyl (C=O) groups excluding carboxylic acids is 1. The van der Waals surface area contributed by atoms with E-state index in [4.69, 9.17) is 4.74 Å². The molecule has 3 aliphatic carbocycles. The van der Waals surface area contributed by atoms with E-state index in [0.717, 1.165) is 69.2 Å². The van der Waals surface area contributed by atoms with Crippen molar-refractivity contribution in [3.05, 3.63) is 23.3 Å². The lowest BCUT2D eigenvalue weighted by atomic mass is 9.49. The molecule has 32 heavy (non-hydrogen) atoms. The van der Waals surface area contributed by atoms with Gasteiger partial charge in [0.2, 0.25) is 0 Å². The fourth-order valence-corrected chi connectivity index (χ4v) is 6.87. The van der Waals surface area contributed by atoms with Crippen LogP contribution in [0.2, 0.25) is 0 Å². The zero-order valence-corrected chi connectivity index (χ0v) is 19.3. The molecular formula is C24H34ClN3O4. The number of hydrogen-bond acceptors (Lipinski definition) is 7. The second kappa shape index (κ2) is 8.13. The number of halogens is 1. The molecule has 3 aliphatic heterocycles. The van der Waals surface area contributed by atoms with E-state index in [-0.39, 0.29) is 30.0 Å². The van der Waals surface area contributed by atoms with Crippen LogP contribution in [0.3, 0.4) is 0 Å². The number of piperazine rings is 1. The Morgan fingerprint density at radius 1 is 1.12 bits per heavy atom. The number of aromatic hydroxyl groups is 1. The number of nitrogens with one attached hydrogen (secondary N) is 2. The van der Waals surface area contributed by atoms with Gasteiger partial charge in [0.25, 0.3) is 0 Å². The molecule has 7 nitrogen and oxygen atoms in total. The van der Waals surface area contributed by atoms with Crippen LogP contribution in [0.1, 0.15) is 43.2 Å². The molecule has 3 heterocycles. The van der Waals surface area contributed by atoms with Gasteiger partial charge in [0.05, 0.1) is 11.0 Å². The van der Waals surface area contributed by atoms with Gasteiger partial charge in [-0.3, -0.25) is 9.69 Å². The third-order valence-corrected chi connectivity index (χ3v) is 8.52. The molecule has 2 bridgehead atoms. The maximum absolute atomic E-state index is 12.7. The normalized spacial score (nSPS) is 36.8. The number of carbonyl (C=O) groups is 1. The van der Waals surface area contributed by atoms with Gasteiger partial charge < -0.3 is 25.6 Å². The number of likely N-dealkylation sites (tertiary alicyclic amines) is 1. The zero-order chi connectivity index (χ0) is 21.2. The molecule has 1 spiro atoms. The van der Waals surface area contributed by atoms with Gasteiger partial charge in [0, 0.05) is 50.7 Å². The van der Waals surface area contributed by atoms with Gasteiger partial charge in [-0.05, 0) is 56.2 Å². The van der Waals surface area contributed by atoms with Crippen molar-refractivity contribution < 1.29 is 19.7 Å². The van der Waals surface area contributed by atoms with Crippen LogP contribution in [-0.2, 0) is 16.6 Å². The summed E-state index contributed by atoms with van der Waals surface area (Å²) in [6, 6.07) is 3.69. The van der Waals surface area contributed by atoms with Crippen LogP contribution in [0, 0.1) is 5.92 Å². The van der Waals surface area contributed by atoms with E-state index in [1.54, 1.807) is 6.07 Å². The third-order valence-electron chi connectivity index (χ3n) is 8.52. The molecule has 0 unspecified atom stereocenters. The summed E-state index contributed by atoms with van der Waals surface area (Å²) < 4.78 is 6.04. The van der Waals surface area contributed by atoms with E-state index < -0.39 is 17.1 Å². The monoisotopic (exact) mass is 463 g/mol. The predicted octanol–water partition coefficient (Wildman–Crippen LogP) is 1.13. The van der Waals surface area contributed by atoms with Crippen LogP contribution in [0.25, 0.3) is 0 Å². The van der Waals surface area contributed by atoms with Gasteiger partial charge in [-0.1, -0.05) is 6.07 Å². The number of rotatable bonds is 2. The molecule has 4 N–H and O–H groups in total. The number of ether oxygens (including phenoxy) is 1. The van der Waals surface area contributed by atoms with Gasteiger partial charge in [0.15, 0.2) is 23.4 Å². The summed E-state index contributed by atoms with van der Waals surface area (Å²) in [4.78, 5) is 15.2. The first kappa shape index (κ1) is 22.4. The third kappa shape index (κ3) is 3.12. The van der Waals surface area contributed by atoms with Crippen LogP contribution in [0.15, 0.2) is 12.1 Å². The lowest BCUT2D eigenvalue weighted by molar-refractivity contribution is -0.188. The number of phenols is 1. The van der Waals surface area contributed by atoms with Crippen LogP contribution >= 0.6 is 12.4 Å². The summed E-state index contributed by atoms with van der Waals surface area (Å²) in [6.45, 7) is 6.51. The smallest absolute Gasteiger partial charge is 0.174 e. The standard InChI is InChI=1S/C20H23NO4.C4H10N2.ClH/c22-13-4-3-12-9-15-20(24)6-5-14(23)18-19(20,16(12)17(13)25-18)7-8-21(15)10-11-1-2-11;1-2-6-4-3-5-1;/h3-4,11,15,18,22,24H,1-2,5-10H2;5-6H,1-4H2;1H/t15-,18+,19+,20-;;/m1../s1. The van der Waals surface area contributed by atoms with Gasteiger partial charge in [0.1, 0.15) is 0 Å². The first-order valence-electron chi connectivity index (χ1n) is 12.0. The Hall–Kier alpha value is -1.38. The minimum absolute atomic E-state index is 0. The number of Topliss-reactive ketones (excluding diaryl/α,β-unsaturated/α-hetero) is 1. The number of hydrogen-bond donors (Lipinski definition) is 4. The van der Waals surface area contributed by atoms with Crippen molar-refractivity contribution in [2.45, 2.75) is 61.7 Å². The molecule has 176 valence electrons. The molecule has 2 saturated heterocycles. The van der Waals surface area contributed by atoms with E-state index in [2.05, 4.69) is 15.5 Å². The van der Waals surface area contributed by atoms with Crippen LogP contribution in [0.5, 0.6) is 11.5 Å². The van der Waals surface area contributed by atoms with Gasteiger partial charge in [-0.15, -0.1) is 12.4 Å². The van der Waals surface area contributed by atoms with Gasteiger partial charge in [-0.25, -0.2) is 0 Å². The van der Waals surface area contributed by atoms with Crippen LogP contribution in [0.4, 0.5) is 0 Å². The summed E-state index contributed by atoms with van der Waals surface area (Å²) >= 11 is 0. The van der Waals surface area contributed by atoms with Crippen molar-refractivity contribution in [3.63, 3.8) is 0 Å². The topological polar surface area (TPSA) is 94.1 Å². The maximum atomic E-state index is 12.7. The van der Waals surface area contributed by atoms with Gasteiger partial charge >= 0.3 is 0 Å². The van der Waals surface area contributed by atoms with Crippen LogP contribution < -0.4 is 15.4 Å². The highest BCUT2D eigenvalue weighted by Crippen LogP contribution is 2.64. The summed E-state index contributed by atoms with van der Waals surface area (Å²) in [7, 11) is 0. The van der Waals surface area contributed by atoms with E-state index in [1.165, 1.54) is 12.8 Å². The van der Waals surface area contributed by atoms with Crippen molar-refractivity contribution in [3.8, 4) is 11.5 Å². The van der Waals surface area contributed by atoms with Crippen LogP contribution in [-0.4, -0.2) is 77.9 Å². The number of benzene rings is 1. The summed E-state index contributed by atoms with van der Waals surface area (Å²) in [5.74, 6) is 1.39. The van der Waals surface area contributed by atoms with Crippen molar-refractivity contribution in [2.24, 2.45) is 5.92 Å². The van der Waals surface area contributed by atoms with Gasteiger partial charge in [-0.2, -0.15) is 0 Å². The Labute approximate surface area is 195 Å².